The molecule has 0 aromatic carbocycles. The summed E-state index contributed by atoms with van der Waals surface area (Å²) in [5.74, 6) is 0.919. The Bertz CT molecular complexity index is 373. The number of nitrogens with zero attached hydrogens (tertiary/aromatic N) is 1. The molecule has 1 aliphatic rings. The van der Waals surface area contributed by atoms with E-state index in [0.29, 0.717) is 0 Å². The summed E-state index contributed by atoms with van der Waals surface area (Å²) < 4.78 is 1.02. The zero-order valence-corrected chi connectivity index (χ0v) is 11.8. The Morgan fingerprint density at radius 2 is 2.38 bits per heavy atom. The molecule has 0 aliphatic heterocycles. The second-order valence-electron chi connectivity index (χ2n) is 4.28. The maximum absolute atomic E-state index is 12.2. The summed E-state index contributed by atoms with van der Waals surface area (Å²) in [6, 6.07) is 1.91. The van der Waals surface area contributed by atoms with Crippen molar-refractivity contribution in [1.29, 1.82) is 0 Å². The van der Waals surface area contributed by atoms with E-state index in [9.17, 15) is 4.79 Å². The lowest BCUT2D eigenvalue weighted by Crippen LogP contribution is -2.37. The summed E-state index contributed by atoms with van der Waals surface area (Å²) in [7, 11) is 0. The van der Waals surface area contributed by atoms with Gasteiger partial charge < -0.3 is 4.90 Å². The second-order valence-corrected chi connectivity index (χ2v) is 6.57. The minimum Gasteiger partial charge on any atom is -0.339 e. The highest BCUT2D eigenvalue weighted by molar-refractivity contribution is 9.11. The van der Waals surface area contributed by atoms with Crippen LogP contribution < -0.4 is 0 Å². The molecule has 1 heterocycles. The molecule has 16 heavy (non-hydrogen) atoms. The van der Waals surface area contributed by atoms with E-state index in [1.807, 2.05) is 16.3 Å². The summed E-state index contributed by atoms with van der Waals surface area (Å²) in [6.45, 7) is 3.80. The van der Waals surface area contributed by atoms with E-state index in [1.54, 1.807) is 11.3 Å². The Hall–Kier alpha value is -0.350. The van der Waals surface area contributed by atoms with Crippen LogP contribution in [0.25, 0.3) is 0 Å². The Morgan fingerprint density at radius 1 is 1.62 bits per heavy atom. The molecule has 1 aromatic rings. The standard InChI is InChI=1S/C12H16BrNOS/c1-2-14(7-9-4-3-5-9)12(15)10-6-11(13)16-8-10/h6,8-9H,2-5,7H2,1H3. The average molecular weight is 302 g/mol. The van der Waals surface area contributed by atoms with Crippen LogP contribution in [0.15, 0.2) is 15.2 Å². The van der Waals surface area contributed by atoms with E-state index in [2.05, 4.69) is 22.9 Å². The molecule has 88 valence electrons. The van der Waals surface area contributed by atoms with Crippen molar-refractivity contribution in [3.63, 3.8) is 0 Å². The van der Waals surface area contributed by atoms with E-state index < -0.39 is 0 Å². The molecule has 1 amide bonds. The number of halogens is 1. The fraction of sp³-hybridized carbons (Fsp3) is 0.583. The molecule has 1 saturated carbocycles. The van der Waals surface area contributed by atoms with Crippen molar-refractivity contribution < 1.29 is 4.79 Å². The first-order valence-corrected chi connectivity index (χ1v) is 7.41. The summed E-state index contributed by atoms with van der Waals surface area (Å²) in [4.78, 5) is 14.1. The highest BCUT2D eigenvalue weighted by Crippen LogP contribution is 2.28. The van der Waals surface area contributed by atoms with E-state index >= 15 is 0 Å². The molecule has 1 aliphatic carbocycles. The van der Waals surface area contributed by atoms with Gasteiger partial charge in [-0.25, -0.2) is 0 Å². The second kappa shape index (κ2) is 5.32. The molecule has 2 rings (SSSR count). The topological polar surface area (TPSA) is 20.3 Å². The van der Waals surface area contributed by atoms with Crippen LogP contribution in [0.4, 0.5) is 0 Å². The van der Waals surface area contributed by atoms with Gasteiger partial charge in [0.2, 0.25) is 0 Å². The maximum atomic E-state index is 12.2. The molecular weight excluding hydrogens is 286 g/mol. The number of thiophene rings is 1. The number of amides is 1. The van der Waals surface area contributed by atoms with Crippen LogP contribution in [0.1, 0.15) is 36.5 Å². The van der Waals surface area contributed by atoms with Gasteiger partial charge in [-0.2, -0.15) is 0 Å². The van der Waals surface area contributed by atoms with E-state index in [0.717, 1.165) is 28.4 Å². The molecule has 0 saturated heterocycles. The SMILES string of the molecule is CCN(CC1CCC1)C(=O)c1csc(Br)c1. The van der Waals surface area contributed by atoms with E-state index in [1.165, 1.54) is 19.3 Å². The predicted octanol–water partition coefficient (Wildman–Crippen LogP) is 3.77. The zero-order chi connectivity index (χ0) is 11.5. The normalized spacial score (nSPS) is 15.9. The molecule has 1 aromatic heterocycles. The molecule has 1 fully saturated rings. The molecule has 0 spiro atoms. The number of carbonyl (C=O) groups excluding carboxylic acids is 1. The first-order valence-electron chi connectivity index (χ1n) is 5.74. The predicted molar refractivity (Wildman–Crippen MR) is 70.9 cm³/mol. The van der Waals surface area contributed by atoms with E-state index in [-0.39, 0.29) is 5.91 Å². The van der Waals surface area contributed by atoms with Crippen LogP contribution in [0.3, 0.4) is 0 Å². The Kier molecular flexibility index (Phi) is 4.03. The van der Waals surface area contributed by atoms with Gasteiger partial charge in [0.05, 0.1) is 9.35 Å². The quantitative estimate of drug-likeness (QED) is 0.829. The van der Waals surface area contributed by atoms with Crippen LogP contribution in [0.5, 0.6) is 0 Å². The van der Waals surface area contributed by atoms with Gasteiger partial charge in [0.15, 0.2) is 0 Å². The van der Waals surface area contributed by atoms with Gasteiger partial charge in [-0.05, 0) is 47.7 Å². The molecule has 0 radical (unpaired) electrons. The van der Waals surface area contributed by atoms with Gasteiger partial charge in [0.1, 0.15) is 0 Å². The average Bonchev–Trinajstić information content (AvgIpc) is 2.63. The fourth-order valence-corrected chi connectivity index (χ4v) is 3.08. The zero-order valence-electron chi connectivity index (χ0n) is 9.41. The fourth-order valence-electron chi connectivity index (χ4n) is 1.95. The van der Waals surface area contributed by atoms with Crippen molar-refractivity contribution in [2.24, 2.45) is 5.92 Å². The molecule has 2 nitrogen and oxygen atoms in total. The third-order valence-electron chi connectivity index (χ3n) is 3.19. The summed E-state index contributed by atoms with van der Waals surface area (Å²) in [6.07, 6.45) is 3.91. The molecule has 0 N–H and O–H groups in total. The van der Waals surface area contributed by atoms with Gasteiger partial charge in [-0.15, -0.1) is 11.3 Å². The lowest BCUT2D eigenvalue weighted by molar-refractivity contribution is 0.0707. The van der Waals surface area contributed by atoms with Crippen molar-refractivity contribution >= 4 is 33.2 Å². The highest BCUT2D eigenvalue weighted by Gasteiger charge is 2.23. The maximum Gasteiger partial charge on any atom is 0.254 e. The van der Waals surface area contributed by atoms with Crippen LogP contribution >= 0.6 is 27.3 Å². The van der Waals surface area contributed by atoms with Gasteiger partial charge >= 0.3 is 0 Å². The van der Waals surface area contributed by atoms with Gasteiger partial charge in [0.25, 0.3) is 5.91 Å². The monoisotopic (exact) mass is 301 g/mol. The van der Waals surface area contributed by atoms with Crippen LogP contribution in [-0.4, -0.2) is 23.9 Å². The summed E-state index contributed by atoms with van der Waals surface area (Å²) in [5.41, 5.74) is 0.818. The minimum atomic E-state index is 0.177. The molecule has 0 atom stereocenters. The smallest absolute Gasteiger partial charge is 0.254 e. The molecule has 0 unspecified atom stereocenters. The molecule has 4 heteroatoms. The Morgan fingerprint density at radius 3 is 2.81 bits per heavy atom. The van der Waals surface area contributed by atoms with Gasteiger partial charge in [-0.1, -0.05) is 6.42 Å². The summed E-state index contributed by atoms with van der Waals surface area (Å²) in [5, 5.41) is 1.93. The number of rotatable bonds is 4. The number of carbonyl (C=O) groups is 1. The van der Waals surface area contributed by atoms with Crippen molar-refractivity contribution in [2.75, 3.05) is 13.1 Å². The van der Waals surface area contributed by atoms with Gasteiger partial charge in [-0.3, -0.25) is 4.79 Å². The van der Waals surface area contributed by atoms with Crippen molar-refractivity contribution in [3.8, 4) is 0 Å². The summed E-state index contributed by atoms with van der Waals surface area (Å²) >= 11 is 4.96. The Balaban J connectivity index is 1.99. The third-order valence-corrected chi connectivity index (χ3v) is 4.69. The highest BCUT2D eigenvalue weighted by atomic mass is 79.9. The lowest BCUT2D eigenvalue weighted by Gasteiger charge is -2.31. The molecule has 0 bridgehead atoms. The van der Waals surface area contributed by atoms with E-state index in [4.69, 9.17) is 0 Å². The van der Waals surface area contributed by atoms with Crippen LogP contribution in [-0.2, 0) is 0 Å². The number of hydrogen-bond donors (Lipinski definition) is 0. The van der Waals surface area contributed by atoms with Crippen LogP contribution in [0, 0.1) is 5.92 Å². The van der Waals surface area contributed by atoms with Gasteiger partial charge in [0, 0.05) is 18.5 Å². The van der Waals surface area contributed by atoms with Crippen molar-refractivity contribution in [3.05, 3.63) is 20.8 Å². The Labute approximate surface area is 109 Å². The van der Waals surface area contributed by atoms with Crippen LogP contribution in [0.2, 0.25) is 0 Å². The minimum absolute atomic E-state index is 0.177. The largest absolute Gasteiger partial charge is 0.339 e. The lowest BCUT2D eigenvalue weighted by atomic mass is 9.85. The van der Waals surface area contributed by atoms with Crippen molar-refractivity contribution in [1.82, 2.24) is 4.90 Å². The first kappa shape index (κ1) is 12.1. The van der Waals surface area contributed by atoms with Crippen molar-refractivity contribution in [2.45, 2.75) is 26.2 Å². The third kappa shape index (κ3) is 2.66. The molecular formula is C12H16BrNOS. The number of hydrogen-bond acceptors (Lipinski definition) is 2. The first-order chi connectivity index (χ1) is 7.70.